The number of nitrogens with zero attached hydrogens (tertiary/aromatic N) is 4. The molecule has 0 aliphatic rings. The Kier molecular flexibility index (Phi) is 4.92. The van der Waals surface area contributed by atoms with Crippen molar-refractivity contribution >= 4 is 40.2 Å². The molecule has 0 aliphatic heterocycles. The molecule has 0 bridgehead atoms. The Morgan fingerprint density at radius 2 is 2.00 bits per heavy atom. The minimum absolute atomic E-state index is 0.280. The monoisotopic (exact) mass is 369 g/mol. The summed E-state index contributed by atoms with van der Waals surface area (Å²) in [5.74, 6) is 0.170. The zero-order chi connectivity index (χ0) is 19.4. The van der Waals surface area contributed by atoms with Crippen molar-refractivity contribution in [2.75, 3.05) is 17.2 Å². The average molecular weight is 369 g/mol. The van der Waals surface area contributed by atoms with E-state index in [9.17, 15) is 20.0 Å². The van der Waals surface area contributed by atoms with Crippen LogP contribution in [0.3, 0.4) is 0 Å². The number of nitro groups is 1. The Labute approximate surface area is 152 Å². The second-order valence-corrected chi connectivity index (χ2v) is 5.36. The normalized spacial score (nSPS) is 10.4. The number of nitro benzene ring substituents is 1. The van der Waals surface area contributed by atoms with Crippen LogP contribution in [-0.2, 0) is 0 Å². The third-order valence-corrected chi connectivity index (χ3v) is 3.43. The summed E-state index contributed by atoms with van der Waals surface area (Å²) in [6.45, 7) is 2.27. The fraction of sp³-hybridized carbons (Fsp3) is 0.125. The maximum absolute atomic E-state index is 11.6. The van der Waals surface area contributed by atoms with Crippen molar-refractivity contribution in [3.05, 3.63) is 46.6 Å². The van der Waals surface area contributed by atoms with Crippen molar-refractivity contribution in [2.45, 2.75) is 6.92 Å². The SMILES string of the molecule is CCNC(=O)Nc1ccc2ncc(Nc3ccc(O)c([N+](=O)[O-])c3)nc2n1. The summed E-state index contributed by atoms with van der Waals surface area (Å²) in [6, 6.07) is 6.73. The van der Waals surface area contributed by atoms with E-state index in [1.165, 1.54) is 24.4 Å². The van der Waals surface area contributed by atoms with Crippen molar-refractivity contribution in [1.82, 2.24) is 20.3 Å². The molecule has 0 spiro atoms. The number of hydrogen-bond donors (Lipinski definition) is 4. The van der Waals surface area contributed by atoms with E-state index >= 15 is 0 Å². The van der Waals surface area contributed by atoms with E-state index in [-0.39, 0.29) is 11.7 Å². The largest absolute Gasteiger partial charge is 0.502 e. The molecule has 0 atom stereocenters. The van der Waals surface area contributed by atoms with E-state index < -0.39 is 16.4 Å². The standard InChI is InChI=1S/C16H15N7O4/c1-2-17-16(25)22-13-6-4-10-15(20-13)21-14(8-18-10)19-9-3-5-12(24)11(7-9)23(26)27/h3-8,24H,2H2,1H3,(H3,17,19,20,21,22,25). The molecule has 4 N–H and O–H groups in total. The Morgan fingerprint density at radius 1 is 1.22 bits per heavy atom. The molecule has 0 unspecified atom stereocenters. The second-order valence-electron chi connectivity index (χ2n) is 5.36. The quantitative estimate of drug-likeness (QED) is 0.304. The number of nitrogens with one attached hydrogen (secondary N) is 3. The van der Waals surface area contributed by atoms with E-state index in [2.05, 4.69) is 30.9 Å². The van der Waals surface area contributed by atoms with E-state index in [0.29, 0.717) is 29.4 Å². The number of hydrogen-bond acceptors (Lipinski definition) is 8. The summed E-state index contributed by atoms with van der Waals surface area (Å²) < 4.78 is 0. The van der Waals surface area contributed by atoms with Crippen molar-refractivity contribution in [2.24, 2.45) is 0 Å². The maximum Gasteiger partial charge on any atom is 0.320 e. The van der Waals surface area contributed by atoms with Crippen LogP contribution in [0, 0.1) is 10.1 Å². The Morgan fingerprint density at radius 3 is 2.74 bits per heavy atom. The first-order chi connectivity index (χ1) is 13.0. The minimum atomic E-state index is -0.687. The Bertz CT molecular complexity index is 1020. The molecule has 0 radical (unpaired) electrons. The fourth-order valence-electron chi connectivity index (χ4n) is 2.24. The molecular weight excluding hydrogens is 354 g/mol. The van der Waals surface area contributed by atoms with Gasteiger partial charge in [0.05, 0.1) is 11.1 Å². The topological polar surface area (TPSA) is 155 Å². The molecule has 27 heavy (non-hydrogen) atoms. The molecule has 0 fully saturated rings. The van der Waals surface area contributed by atoms with E-state index in [4.69, 9.17) is 0 Å². The molecule has 2 amide bonds. The molecular formula is C16H15N7O4. The number of rotatable bonds is 5. The molecule has 3 aromatic rings. The number of amides is 2. The van der Waals surface area contributed by atoms with Gasteiger partial charge in [0.1, 0.15) is 11.3 Å². The lowest BCUT2D eigenvalue weighted by Crippen LogP contribution is -2.28. The number of pyridine rings is 1. The smallest absolute Gasteiger partial charge is 0.320 e. The third-order valence-electron chi connectivity index (χ3n) is 3.43. The van der Waals surface area contributed by atoms with Gasteiger partial charge in [-0.3, -0.25) is 15.4 Å². The summed E-state index contributed by atoms with van der Waals surface area (Å²) in [5.41, 5.74) is 0.714. The number of phenolic OH excluding ortho intramolecular Hbond substituents is 1. The van der Waals surface area contributed by atoms with Crippen LogP contribution in [0.1, 0.15) is 6.92 Å². The van der Waals surface area contributed by atoms with Gasteiger partial charge in [-0.15, -0.1) is 0 Å². The van der Waals surface area contributed by atoms with Crippen LogP contribution in [0.15, 0.2) is 36.5 Å². The first-order valence-electron chi connectivity index (χ1n) is 7.89. The van der Waals surface area contributed by atoms with Crippen LogP contribution in [0.25, 0.3) is 11.2 Å². The Hall–Kier alpha value is -4.02. The molecule has 0 saturated carbocycles. The molecule has 1 aromatic carbocycles. The number of anilines is 3. The summed E-state index contributed by atoms with van der Waals surface area (Å²) in [6.07, 6.45) is 1.44. The molecule has 0 saturated heterocycles. The summed E-state index contributed by atoms with van der Waals surface area (Å²) >= 11 is 0. The number of aromatic hydroxyl groups is 1. The van der Waals surface area contributed by atoms with E-state index in [1.54, 1.807) is 19.1 Å². The van der Waals surface area contributed by atoms with Crippen molar-refractivity contribution in [1.29, 1.82) is 0 Å². The third kappa shape index (κ3) is 4.15. The maximum atomic E-state index is 11.6. The summed E-state index contributed by atoms with van der Waals surface area (Å²) in [7, 11) is 0. The van der Waals surface area contributed by atoms with Crippen LogP contribution in [0.4, 0.5) is 27.8 Å². The van der Waals surface area contributed by atoms with Gasteiger partial charge >= 0.3 is 11.7 Å². The predicted octanol–water partition coefficient (Wildman–Crippen LogP) is 2.52. The highest BCUT2D eigenvalue weighted by atomic mass is 16.6. The van der Waals surface area contributed by atoms with E-state index in [0.717, 1.165) is 0 Å². The summed E-state index contributed by atoms with van der Waals surface area (Å²) in [4.78, 5) is 34.5. The molecule has 0 aliphatic carbocycles. The lowest BCUT2D eigenvalue weighted by Gasteiger charge is -2.08. The van der Waals surface area contributed by atoms with Crippen LogP contribution in [-0.4, -0.2) is 37.6 Å². The van der Waals surface area contributed by atoms with Gasteiger partial charge < -0.3 is 15.7 Å². The van der Waals surface area contributed by atoms with Gasteiger partial charge in [0.15, 0.2) is 17.2 Å². The highest BCUT2D eigenvalue weighted by Crippen LogP contribution is 2.29. The molecule has 11 nitrogen and oxygen atoms in total. The van der Waals surface area contributed by atoms with Crippen LogP contribution in [0.2, 0.25) is 0 Å². The van der Waals surface area contributed by atoms with Gasteiger partial charge in [0.2, 0.25) is 0 Å². The molecule has 11 heteroatoms. The van der Waals surface area contributed by atoms with Gasteiger partial charge in [0, 0.05) is 18.3 Å². The first-order valence-corrected chi connectivity index (χ1v) is 7.89. The lowest BCUT2D eigenvalue weighted by atomic mass is 10.2. The average Bonchev–Trinajstić information content (AvgIpc) is 2.63. The minimum Gasteiger partial charge on any atom is -0.502 e. The number of aromatic nitrogens is 3. The summed E-state index contributed by atoms with van der Waals surface area (Å²) in [5, 5.41) is 28.5. The van der Waals surface area contributed by atoms with Gasteiger partial charge in [-0.2, -0.15) is 0 Å². The number of carbonyl (C=O) groups excluding carboxylic acids is 1. The molecule has 2 heterocycles. The lowest BCUT2D eigenvalue weighted by molar-refractivity contribution is -0.385. The van der Waals surface area contributed by atoms with Crippen molar-refractivity contribution in [3.63, 3.8) is 0 Å². The first kappa shape index (κ1) is 17.8. The highest BCUT2D eigenvalue weighted by molar-refractivity contribution is 5.89. The number of carbonyl (C=O) groups is 1. The number of phenols is 1. The molecule has 138 valence electrons. The number of fused-ring (bicyclic) bond motifs is 1. The highest BCUT2D eigenvalue weighted by Gasteiger charge is 2.14. The number of urea groups is 1. The zero-order valence-corrected chi connectivity index (χ0v) is 14.1. The van der Waals surface area contributed by atoms with Crippen LogP contribution >= 0.6 is 0 Å². The fourth-order valence-corrected chi connectivity index (χ4v) is 2.24. The van der Waals surface area contributed by atoms with Crippen molar-refractivity contribution < 1.29 is 14.8 Å². The second kappa shape index (κ2) is 7.47. The van der Waals surface area contributed by atoms with Crippen LogP contribution in [0.5, 0.6) is 5.75 Å². The zero-order valence-electron chi connectivity index (χ0n) is 14.1. The van der Waals surface area contributed by atoms with Gasteiger partial charge in [-0.1, -0.05) is 0 Å². The number of benzene rings is 1. The molecule has 3 rings (SSSR count). The van der Waals surface area contributed by atoms with E-state index in [1.807, 2.05) is 0 Å². The Balaban J connectivity index is 1.86. The van der Waals surface area contributed by atoms with Crippen molar-refractivity contribution in [3.8, 4) is 5.75 Å². The van der Waals surface area contributed by atoms with Gasteiger partial charge in [-0.25, -0.2) is 19.7 Å². The van der Waals surface area contributed by atoms with Gasteiger partial charge in [-0.05, 0) is 31.2 Å². The van der Waals surface area contributed by atoms with Crippen LogP contribution < -0.4 is 16.0 Å². The molecule has 2 aromatic heterocycles. The van der Waals surface area contributed by atoms with Gasteiger partial charge in [0.25, 0.3) is 0 Å². The predicted molar refractivity (Wildman–Crippen MR) is 98.1 cm³/mol.